The molecule has 0 saturated heterocycles. The van der Waals surface area contributed by atoms with Crippen molar-refractivity contribution in [1.29, 1.82) is 0 Å². The van der Waals surface area contributed by atoms with Gasteiger partial charge in [0.1, 0.15) is 10.6 Å². The molecule has 138 valence electrons. The second-order valence-corrected chi connectivity index (χ2v) is 8.85. The Morgan fingerprint density at radius 1 is 1.23 bits per heavy atom. The average molecular weight is 394 g/mol. The van der Waals surface area contributed by atoms with E-state index >= 15 is 0 Å². The highest BCUT2D eigenvalue weighted by molar-refractivity contribution is 8.13. The summed E-state index contributed by atoms with van der Waals surface area (Å²) in [6.07, 6.45) is 0.622. The van der Waals surface area contributed by atoms with Crippen molar-refractivity contribution >= 4 is 25.6 Å². The maximum Gasteiger partial charge on any atom is 0.264 e. The molecular weight excluding hydrogens is 374 g/mol. The number of nitrogens with zero attached hydrogens (tertiary/aromatic N) is 1. The van der Waals surface area contributed by atoms with Crippen LogP contribution in [-0.2, 0) is 20.3 Å². The summed E-state index contributed by atoms with van der Waals surface area (Å²) in [6, 6.07) is 13.1. The van der Waals surface area contributed by atoms with Crippen molar-refractivity contribution in [3.63, 3.8) is 0 Å². The summed E-state index contributed by atoms with van der Waals surface area (Å²) in [5.41, 5.74) is 2.84. The lowest BCUT2D eigenvalue weighted by atomic mass is 9.88. The van der Waals surface area contributed by atoms with Crippen molar-refractivity contribution in [3.05, 3.63) is 59.2 Å². The molecule has 0 bridgehead atoms. The zero-order valence-electron chi connectivity index (χ0n) is 14.6. The van der Waals surface area contributed by atoms with Gasteiger partial charge in [0.15, 0.2) is 0 Å². The van der Waals surface area contributed by atoms with Crippen LogP contribution in [0.2, 0.25) is 0 Å². The minimum absolute atomic E-state index is 0.00380. The molecule has 2 aromatic rings. The van der Waals surface area contributed by atoms with Crippen LogP contribution in [0.1, 0.15) is 29.5 Å². The molecule has 1 aliphatic heterocycles. The summed E-state index contributed by atoms with van der Waals surface area (Å²) in [5, 5.41) is 0. The van der Waals surface area contributed by atoms with E-state index in [9.17, 15) is 13.2 Å². The summed E-state index contributed by atoms with van der Waals surface area (Å²) in [7, 11) is 3.08. The lowest BCUT2D eigenvalue weighted by Gasteiger charge is -2.25. The molecule has 0 spiro atoms. The Morgan fingerprint density at radius 3 is 2.50 bits per heavy atom. The van der Waals surface area contributed by atoms with Crippen LogP contribution in [0.4, 0.5) is 0 Å². The normalized spacial score (nSPS) is 17.3. The Bertz CT molecular complexity index is 928. The third kappa shape index (κ3) is 3.71. The molecule has 0 saturated carbocycles. The molecule has 0 radical (unpaired) electrons. The fourth-order valence-electron chi connectivity index (χ4n) is 3.43. The Balaban J connectivity index is 2.22. The molecule has 26 heavy (non-hydrogen) atoms. The largest absolute Gasteiger partial charge is 0.495 e. The molecular formula is C19H20ClNO4S. The SMILES string of the molecule is COc1cc2c(cc1S(=O)(=O)Cl)C(c1ccccc1)CN(C(C)=O)CC2. The van der Waals surface area contributed by atoms with Gasteiger partial charge in [0.05, 0.1) is 7.11 Å². The predicted octanol–water partition coefficient (Wildman–Crippen LogP) is 3.16. The first-order valence-corrected chi connectivity index (χ1v) is 10.6. The van der Waals surface area contributed by atoms with Crippen molar-refractivity contribution in [2.75, 3.05) is 20.2 Å². The van der Waals surface area contributed by atoms with E-state index in [4.69, 9.17) is 15.4 Å². The van der Waals surface area contributed by atoms with Gasteiger partial charge in [-0.1, -0.05) is 30.3 Å². The molecule has 0 fully saturated rings. The van der Waals surface area contributed by atoms with E-state index in [0.29, 0.717) is 19.5 Å². The Morgan fingerprint density at radius 2 is 1.92 bits per heavy atom. The fraction of sp³-hybridized carbons (Fsp3) is 0.316. The predicted molar refractivity (Wildman–Crippen MR) is 100 cm³/mol. The maximum atomic E-state index is 12.0. The zero-order chi connectivity index (χ0) is 18.9. The molecule has 0 aromatic heterocycles. The second-order valence-electron chi connectivity index (χ2n) is 6.32. The molecule has 1 aliphatic rings. The van der Waals surface area contributed by atoms with Gasteiger partial charge in [-0.3, -0.25) is 4.79 Å². The van der Waals surface area contributed by atoms with Crippen LogP contribution in [0.3, 0.4) is 0 Å². The Hall–Kier alpha value is -2.05. The Kier molecular flexibility index (Phi) is 5.25. The van der Waals surface area contributed by atoms with Crippen LogP contribution < -0.4 is 4.74 Å². The number of ether oxygens (including phenoxy) is 1. The molecule has 0 N–H and O–H groups in total. The quantitative estimate of drug-likeness (QED) is 0.751. The maximum absolute atomic E-state index is 12.0. The van der Waals surface area contributed by atoms with E-state index in [1.165, 1.54) is 7.11 Å². The number of fused-ring (bicyclic) bond motifs is 1. The van der Waals surface area contributed by atoms with Crippen molar-refractivity contribution in [2.24, 2.45) is 0 Å². The van der Waals surface area contributed by atoms with Gasteiger partial charge in [0.2, 0.25) is 5.91 Å². The first-order valence-electron chi connectivity index (χ1n) is 8.27. The van der Waals surface area contributed by atoms with E-state index in [0.717, 1.165) is 16.7 Å². The smallest absolute Gasteiger partial charge is 0.264 e. The summed E-state index contributed by atoms with van der Waals surface area (Å²) >= 11 is 0. The summed E-state index contributed by atoms with van der Waals surface area (Å²) in [6.45, 7) is 2.61. The molecule has 7 heteroatoms. The average Bonchev–Trinajstić information content (AvgIpc) is 2.80. The van der Waals surface area contributed by atoms with Crippen LogP contribution in [0.5, 0.6) is 5.75 Å². The molecule has 5 nitrogen and oxygen atoms in total. The van der Waals surface area contributed by atoms with E-state index in [-0.39, 0.29) is 22.5 Å². The van der Waals surface area contributed by atoms with Crippen LogP contribution in [0.15, 0.2) is 47.4 Å². The number of hydrogen-bond acceptors (Lipinski definition) is 4. The number of halogens is 1. The van der Waals surface area contributed by atoms with Gasteiger partial charge in [-0.05, 0) is 35.2 Å². The summed E-state index contributed by atoms with van der Waals surface area (Å²) in [4.78, 5) is 13.8. The van der Waals surface area contributed by atoms with Crippen molar-refractivity contribution in [2.45, 2.75) is 24.2 Å². The van der Waals surface area contributed by atoms with Crippen LogP contribution in [0.25, 0.3) is 0 Å². The van der Waals surface area contributed by atoms with Gasteiger partial charge < -0.3 is 9.64 Å². The van der Waals surface area contributed by atoms with Gasteiger partial charge in [0.25, 0.3) is 9.05 Å². The minimum Gasteiger partial charge on any atom is -0.495 e. The van der Waals surface area contributed by atoms with E-state index in [2.05, 4.69) is 0 Å². The number of benzene rings is 2. The number of hydrogen-bond donors (Lipinski definition) is 0. The number of amides is 1. The monoisotopic (exact) mass is 393 g/mol. The number of rotatable bonds is 3. The van der Waals surface area contributed by atoms with Gasteiger partial charge in [-0.15, -0.1) is 0 Å². The lowest BCUT2D eigenvalue weighted by molar-refractivity contribution is -0.128. The lowest BCUT2D eigenvalue weighted by Crippen LogP contribution is -2.33. The highest BCUT2D eigenvalue weighted by Gasteiger charge is 2.29. The van der Waals surface area contributed by atoms with Crippen molar-refractivity contribution < 1.29 is 17.9 Å². The first-order chi connectivity index (χ1) is 12.3. The molecule has 1 atom stereocenters. The fourth-order valence-corrected chi connectivity index (χ4v) is 4.44. The first kappa shape index (κ1) is 18.7. The molecule has 0 aliphatic carbocycles. The summed E-state index contributed by atoms with van der Waals surface area (Å²) in [5.74, 6) is 0.0819. The van der Waals surface area contributed by atoms with Crippen molar-refractivity contribution in [3.8, 4) is 5.75 Å². The van der Waals surface area contributed by atoms with Gasteiger partial charge >= 0.3 is 0 Å². The van der Waals surface area contributed by atoms with E-state index in [1.54, 1.807) is 24.0 Å². The van der Waals surface area contributed by atoms with Crippen LogP contribution in [0, 0.1) is 0 Å². The van der Waals surface area contributed by atoms with E-state index < -0.39 is 9.05 Å². The molecule has 3 rings (SSSR count). The van der Waals surface area contributed by atoms with Gasteiger partial charge in [-0.25, -0.2) is 8.42 Å². The highest BCUT2D eigenvalue weighted by Crippen LogP contribution is 2.38. The zero-order valence-corrected chi connectivity index (χ0v) is 16.2. The molecule has 2 aromatic carbocycles. The highest BCUT2D eigenvalue weighted by atomic mass is 35.7. The Labute approximate surface area is 158 Å². The molecule has 1 amide bonds. The minimum atomic E-state index is -3.96. The van der Waals surface area contributed by atoms with Gasteiger partial charge in [-0.2, -0.15) is 0 Å². The standard InChI is InChI=1S/C19H20ClNO4S/c1-13(22)21-9-8-15-10-18(25-2)19(26(20,23)24)11-16(15)17(12-21)14-6-4-3-5-7-14/h3-7,10-11,17H,8-9,12H2,1-2H3. The van der Waals surface area contributed by atoms with Crippen molar-refractivity contribution in [1.82, 2.24) is 4.90 Å². The third-order valence-electron chi connectivity index (χ3n) is 4.76. The number of methoxy groups -OCH3 is 1. The third-order valence-corrected chi connectivity index (χ3v) is 6.11. The molecule has 1 unspecified atom stereocenters. The van der Waals surface area contributed by atoms with Gasteiger partial charge in [0, 0.05) is 36.6 Å². The van der Waals surface area contributed by atoms with Crippen LogP contribution >= 0.6 is 10.7 Å². The topological polar surface area (TPSA) is 63.7 Å². The number of carbonyl (C=O) groups excluding carboxylic acids is 1. The molecule has 1 heterocycles. The van der Waals surface area contributed by atoms with Crippen LogP contribution in [-0.4, -0.2) is 39.4 Å². The van der Waals surface area contributed by atoms with E-state index in [1.807, 2.05) is 30.3 Å². The number of carbonyl (C=O) groups is 1. The summed E-state index contributed by atoms with van der Waals surface area (Å²) < 4.78 is 29.3. The second kappa shape index (κ2) is 7.29.